The predicted octanol–water partition coefficient (Wildman–Crippen LogP) is 6.59. The fourth-order valence-electron chi connectivity index (χ4n) is 4.48. The first kappa shape index (κ1) is 27.1. The van der Waals surface area contributed by atoms with E-state index in [-0.39, 0.29) is 17.4 Å². The highest BCUT2D eigenvalue weighted by atomic mass is 16.2. The standard InChI is InChI=1S/C35H29N3O3/c39-33(28-16-8-3-9-17-28)37-31-19-11-10-18-30(31)34(40)38-32(24-25-12-4-1-5-13-25)35(41)36-29-22-20-27(21-23-29)26-14-6-2-7-15-26/h1-23,32H,24H2,(H,36,41)(H,37,39)(H,38,40)/t32-/m0/s1. The van der Waals surface area contributed by atoms with Crippen molar-refractivity contribution in [2.45, 2.75) is 12.5 Å². The highest BCUT2D eigenvalue weighted by Crippen LogP contribution is 2.22. The number of amides is 3. The van der Waals surface area contributed by atoms with Gasteiger partial charge >= 0.3 is 0 Å². The first-order valence-electron chi connectivity index (χ1n) is 13.3. The van der Waals surface area contributed by atoms with Crippen molar-refractivity contribution in [2.75, 3.05) is 10.6 Å². The summed E-state index contributed by atoms with van der Waals surface area (Å²) in [4.78, 5) is 39.8. The Hall–Kier alpha value is -5.49. The van der Waals surface area contributed by atoms with E-state index >= 15 is 0 Å². The largest absolute Gasteiger partial charge is 0.340 e. The van der Waals surface area contributed by atoms with Crippen LogP contribution in [0.25, 0.3) is 11.1 Å². The molecular formula is C35H29N3O3. The summed E-state index contributed by atoms with van der Waals surface area (Å²) in [6.07, 6.45) is 0.291. The monoisotopic (exact) mass is 539 g/mol. The lowest BCUT2D eigenvalue weighted by Gasteiger charge is -2.20. The Kier molecular flexibility index (Phi) is 8.62. The number of anilines is 2. The lowest BCUT2D eigenvalue weighted by atomic mass is 10.0. The number of para-hydroxylation sites is 1. The van der Waals surface area contributed by atoms with E-state index in [0.29, 0.717) is 23.4 Å². The number of hydrogen-bond donors (Lipinski definition) is 3. The quantitative estimate of drug-likeness (QED) is 0.198. The molecule has 1 atom stereocenters. The van der Waals surface area contributed by atoms with Crippen LogP contribution in [0.5, 0.6) is 0 Å². The zero-order chi connectivity index (χ0) is 28.4. The van der Waals surface area contributed by atoms with Crippen LogP contribution in [-0.2, 0) is 11.2 Å². The molecule has 5 aromatic rings. The van der Waals surface area contributed by atoms with Crippen molar-refractivity contribution >= 4 is 29.1 Å². The molecule has 3 N–H and O–H groups in total. The fourth-order valence-corrected chi connectivity index (χ4v) is 4.48. The van der Waals surface area contributed by atoms with Gasteiger partial charge in [0.05, 0.1) is 11.3 Å². The van der Waals surface area contributed by atoms with Crippen LogP contribution >= 0.6 is 0 Å². The van der Waals surface area contributed by atoms with Gasteiger partial charge in [-0.15, -0.1) is 0 Å². The van der Waals surface area contributed by atoms with Gasteiger partial charge in [0, 0.05) is 17.7 Å². The van der Waals surface area contributed by atoms with Crippen LogP contribution in [0, 0.1) is 0 Å². The second-order valence-electron chi connectivity index (χ2n) is 9.51. The molecule has 0 radical (unpaired) electrons. The molecule has 5 rings (SSSR count). The number of carbonyl (C=O) groups excluding carboxylic acids is 3. The molecule has 202 valence electrons. The lowest BCUT2D eigenvalue weighted by Crippen LogP contribution is -2.45. The maximum Gasteiger partial charge on any atom is 0.255 e. The van der Waals surface area contributed by atoms with Gasteiger partial charge in [0.2, 0.25) is 5.91 Å². The molecule has 0 aliphatic carbocycles. The molecule has 0 spiro atoms. The van der Waals surface area contributed by atoms with E-state index in [4.69, 9.17) is 0 Å². The Balaban J connectivity index is 1.34. The van der Waals surface area contributed by atoms with Crippen LogP contribution in [0.2, 0.25) is 0 Å². The molecule has 6 nitrogen and oxygen atoms in total. The van der Waals surface area contributed by atoms with Gasteiger partial charge in [0.25, 0.3) is 11.8 Å². The van der Waals surface area contributed by atoms with Crippen LogP contribution < -0.4 is 16.0 Å². The third kappa shape index (κ3) is 7.13. The molecule has 0 saturated heterocycles. The number of hydrogen-bond acceptors (Lipinski definition) is 3. The molecule has 0 fully saturated rings. The van der Waals surface area contributed by atoms with Crippen LogP contribution in [-0.4, -0.2) is 23.8 Å². The second kappa shape index (κ2) is 13.0. The highest BCUT2D eigenvalue weighted by Gasteiger charge is 2.24. The van der Waals surface area contributed by atoms with Crippen molar-refractivity contribution in [3.05, 3.63) is 156 Å². The van der Waals surface area contributed by atoms with E-state index in [1.807, 2.05) is 91.0 Å². The molecule has 5 aromatic carbocycles. The van der Waals surface area contributed by atoms with E-state index in [1.54, 1.807) is 48.5 Å². The van der Waals surface area contributed by atoms with Gasteiger partial charge in [-0.2, -0.15) is 0 Å². The minimum Gasteiger partial charge on any atom is -0.340 e. The van der Waals surface area contributed by atoms with Gasteiger partial charge in [0.15, 0.2) is 0 Å². The average molecular weight is 540 g/mol. The maximum atomic E-state index is 13.5. The normalized spacial score (nSPS) is 11.2. The summed E-state index contributed by atoms with van der Waals surface area (Å²) < 4.78 is 0. The number of benzene rings is 5. The average Bonchev–Trinajstić information content (AvgIpc) is 3.02. The zero-order valence-corrected chi connectivity index (χ0v) is 22.3. The maximum absolute atomic E-state index is 13.5. The van der Waals surface area contributed by atoms with Crippen LogP contribution in [0.15, 0.2) is 140 Å². The van der Waals surface area contributed by atoms with Gasteiger partial charge in [-0.3, -0.25) is 14.4 Å². The SMILES string of the molecule is O=C(Nc1ccccc1C(=O)N[C@@H](Cc1ccccc1)C(=O)Nc1ccc(-c2ccccc2)cc1)c1ccccc1. The lowest BCUT2D eigenvalue weighted by molar-refractivity contribution is -0.118. The molecular weight excluding hydrogens is 510 g/mol. The Bertz CT molecular complexity index is 1620. The third-order valence-corrected chi connectivity index (χ3v) is 6.62. The van der Waals surface area contributed by atoms with Gasteiger partial charge in [-0.25, -0.2) is 0 Å². The third-order valence-electron chi connectivity index (χ3n) is 6.62. The molecule has 6 heteroatoms. The van der Waals surface area contributed by atoms with Crippen molar-refractivity contribution < 1.29 is 14.4 Å². The van der Waals surface area contributed by atoms with Gasteiger partial charge in [-0.1, -0.05) is 103 Å². The van der Waals surface area contributed by atoms with E-state index < -0.39 is 11.9 Å². The number of rotatable bonds is 9. The molecule has 0 unspecified atom stereocenters. The van der Waals surface area contributed by atoms with Crippen LogP contribution in [0.3, 0.4) is 0 Å². The van der Waals surface area contributed by atoms with E-state index in [0.717, 1.165) is 16.7 Å². The molecule has 0 aromatic heterocycles. The summed E-state index contributed by atoms with van der Waals surface area (Å²) >= 11 is 0. The summed E-state index contributed by atoms with van der Waals surface area (Å²) in [6, 6.07) is 41.7. The molecule has 0 heterocycles. The first-order valence-corrected chi connectivity index (χ1v) is 13.3. The Morgan fingerprint density at radius 1 is 0.537 bits per heavy atom. The Labute approximate surface area is 239 Å². The molecule has 0 aliphatic heterocycles. The van der Waals surface area contributed by atoms with E-state index in [9.17, 15) is 14.4 Å². The minimum atomic E-state index is -0.864. The van der Waals surface area contributed by atoms with Gasteiger partial charge < -0.3 is 16.0 Å². The van der Waals surface area contributed by atoms with E-state index in [2.05, 4.69) is 16.0 Å². The smallest absolute Gasteiger partial charge is 0.255 e. The second-order valence-corrected chi connectivity index (χ2v) is 9.51. The number of nitrogens with one attached hydrogen (secondary N) is 3. The Morgan fingerprint density at radius 2 is 1.10 bits per heavy atom. The van der Waals surface area contributed by atoms with E-state index in [1.165, 1.54) is 0 Å². The van der Waals surface area contributed by atoms with Crippen molar-refractivity contribution in [3.8, 4) is 11.1 Å². The van der Waals surface area contributed by atoms with Gasteiger partial charge in [0.1, 0.15) is 6.04 Å². The molecule has 0 bridgehead atoms. The molecule has 0 aliphatic rings. The fraction of sp³-hybridized carbons (Fsp3) is 0.0571. The Morgan fingerprint density at radius 3 is 1.78 bits per heavy atom. The summed E-state index contributed by atoms with van der Waals surface area (Å²) in [6.45, 7) is 0. The summed E-state index contributed by atoms with van der Waals surface area (Å²) in [7, 11) is 0. The summed E-state index contributed by atoms with van der Waals surface area (Å²) in [5.41, 5.74) is 4.73. The van der Waals surface area contributed by atoms with Crippen molar-refractivity contribution in [3.63, 3.8) is 0 Å². The molecule has 3 amide bonds. The molecule has 0 saturated carbocycles. The van der Waals surface area contributed by atoms with Crippen LogP contribution in [0.4, 0.5) is 11.4 Å². The number of carbonyl (C=O) groups is 3. The first-order chi connectivity index (χ1) is 20.1. The highest BCUT2D eigenvalue weighted by molar-refractivity contribution is 6.10. The van der Waals surface area contributed by atoms with Gasteiger partial charge in [-0.05, 0) is 53.1 Å². The van der Waals surface area contributed by atoms with Crippen molar-refractivity contribution in [1.29, 1.82) is 0 Å². The van der Waals surface area contributed by atoms with Crippen molar-refractivity contribution in [1.82, 2.24) is 5.32 Å². The summed E-state index contributed by atoms with van der Waals surface area (Å²) in [5.74, 6) is -1.15. The van der Waals surface area contributed by atoms with Crippen LogP contribution in [0.1, 0.15) is 26.3 Å². The zero-order valence-electron chi connectivity index (χ0n) is 22.3. The summed E-state index contributed by atoms with van der Waals surface area (Å²) in [5, 5.41) is 8.65. The topological polar surface area (TPSA) is 87.3 Å². The predicted molar refractivity (Wildman–Crippen MR) is 163 cm³/mol. The minimum absolute atomic E-state index is 0.259. The molecule has 41 heavy (non-hydrogen) atoms. The van der Waals surface area contributed by atoms with Crippen molar-refractivity contribution in [2.24, 2.45) is 0 Å².